The van der Waals surface area contributed by atoms with Crippen LogP contribution < -0.4 is 5.73 Å². The molecule has 3 unspecified atom stereocenters. The predicted octanol–water partition coefficient (Wildman–Crippen LogP) is 3.33. The zero-order valence-corrected chi connectivity index (χ0v) is 10.8. The van der Waals surface area contributed by atoms with Gasteiger partial charge in [-0.3, -0.25) is 0 Å². The van der Waals surface area contributed by atoms with E-state index < -0.39 is 0 Å². The Labute approximate surface area is 99.2 Å². The summed E-state index contributed by atoms with van der Waals surface area (Å²) in [6.45, 7) is 5.04. The minimum atomic E-state index is 0.535. The Morgan fingerprint density at radius 3 is 2.38 bits per heavy atom. The van der Waals surface area contributed by atoms with Crippen LogP contribution >= 0.6 is 0 Å². The highest BCUT2D eigenvalue weighted by Crippen LogP contribution is 2.80. The molecule has 4 aliphatic rings. The summed E-state index contributed by atoms with van der Waals surface area (Å²) in [5.74, 6) is 1.91. The molecule has 4 fully saturated rings. The summed E-state index contributed by atoms with van der Waals surface area (Å²) < 4.78 is 0. The maximum absolute atomic E-state index is 6.66. The van der Waals surface area contributed by atoms with Crippen LogP contribution in [-0.2, 0) is 0 Å². The van der Waals surface area contributed by atoms with Crippen LogP contribution in [0.4, 0.5) is 0 Å². The Bertz CT molecular complexity index is 333. The Kier molecular flexibility index (Phi) is 1.57. The van der Waals surface area contributed by atoms with Crippen molar-refractivity contribution in [1.29, 1.82) is 0 Å². The van der Waals surface area contributed by atoms with Gasteiger partial charge in [-0.25, -0.2) is 0 Å². The van der Waals surface area contributed by atoms with E-state index in [-0.39, 0.29) is 0 Å². The standard InChI is InChI=1S/C15H25N/c1-13-7-14(13,2)9-15(8-13)6-10-3-4-11(5-10)12(15)16/h10-12H,3-9,16H2,1-2H3/t10?,11-,12+,13?,14?,15?/m0/s1. The smallest absolute Gasteiger partial charge is 0.0125 e. The third-order valence-electron chi connectivity index (χ3n) is 7.09. The van der Waals surface area contributed by atoms with Crippen molar-refractivity contribution >= 4 is 0 Å². The van der Waals surface area contributed by atoms with Crippen molar-refractivity contribution in [3.8, 4) is 0 Å². The van der Waals surface area contributed by atoms with Crippen LogP contribution in [0.25, 0.3) is 0 Å². The van der Waals surface area contributed by atoms with Gasteiger partial charge in [0.05, 0.1) is 0 Å². The molecule has 5 atom stereocenters. The number of hydrogen-bond donors (Lipinski definition) is 1. The number of rotatable bonds is 0. The average Bonchev–Trinajstić information content (AvgIpc) is 2.56. The molecule has 2 bridgehead atoms. The molecular weight excluding hydrogens is 194 g/mol. The summed E-state index contributed by atoms with van der Waals surface area (Å²) in [6.07, 6.45) is 10.2. The quantitative estimate of drug-likeness (QED) is 0.664. The molecule has 0 saturated heterocycles. The van der Waals surface area contributed by atoms with Gasteiger partial charge in [-0.15, -0.1) is 0 Å². The highest BCUT2D eigenvalue weighted by molar-refractivity contribution is 5.23. The third-order valence-corrected chi connectivity index (χ3v) is 7.09. The van der Waals surface area contributed by atoms with E-state index in [0.29, 0.717) is 22.3 Å². The van der Waals surface area contributed by atoms with Crippen LogP contribution in [-0.4, -0.2) is 6.04 Å². The highest BCUT2D eigenvalue weighted by atomic mass is 14.8. The lowest BCUT2D eigenvalue weighted by molar-refractivity contribution is 0.0775. The fraction of sp³-hybridized carbons (Fsp3) is 1.00. The van der Waals surface area contributed by atoms with Gasteiger partial charge in [0.2, 0.25) is 0 Å². The molecule has 0 radical (unpaired) electrons. The molecule has 1 heteroatoms. The maximum atomic E-state index is 6.66. The topological polar surface area (TPSA) is 26.0 Å². The monoisotopic (exact) mass is 219 g/mol. The normalized spacial score (nSPS) is 67.3. The van der Waals surface area contributed by atoms with Crippen LogP contribution in [0, 0.1) is 28.1 Å². The summed E-state index contributed by atoms with van der Waals surface area (Å²) in [6, 6.07) is 0.535. The van der Waals surface area contributed by atoms with Crippen molar-refractivity contribution in [2.75, 3.05) is 0 Å². The SMILES string of the molecule is CC12CC3(CC4CC[C@@H](C4)[C@H]3N)CC1(C)C2. The molecule has 0 amide bonds. The number of hydrogen-bond acceptors (Lipinski definition) is 1. The summed E-state index contributed by atoms with van der Waals surface area (Å²) in [5, 5.41) is 0. The summed E-state index contributed by atoms with van der Waals surface area (Å²) >= 11 is 0. The lowest BCUT2D eigenvalue weighted by Gasteiger charge is -2.45. The fourth-order valence-corrected chi connectivity index (χ4v) is 6.20. The van der Waals surface area contributed by atoms with Gasteiger partial charge in [-0.1, -0.05) is 20.3 Å². The molecule has 4 saturated carbocycles. The van der Waals surface area contributed by atoms with Crippen LogP contribution in [0.5, 0.6) is 0 Å². The summed E-state index contributed by atoms with van der Waals surface area (Å²) in [5.41, 5.74) is 8.55. The Balaban J connectivity index is 1.68. The lowest BCUT2D eigenvalue weighted by Crippen LogP contribution is -2.49. The van der Waals surface area contributed by atoms with Gasteiger partial charge in [0.1, 0.15) is 0 Å². The first-order chi connectivity index (χ1) is 7.47. The fourth-order valence-electron chi connectivity index (χ4n) is 6.20. The van der Waals surface area contributed by atoms with Crippen molar-refractivity contribution in [3.63, 3.8) is 0 Å². The number of fused-ring (bicyclic) bond motifs is 3. The highest BCUT2D eigenvalue weighted by Gasteiger charge is 2.72. The molecular formula is C15H25N. The van der Waals surface area contributed by atoms with Gasteiger partial charge < -0.3 is 5.73 Å². The second-order valence-electron chi connectivity index (χ2n) is 8.18. The first kappa shape index (κ1) is 9.94. The largest absolute Gasteiger partial charge is 0.327 e. The molecule has 0 aromatic carbocycles. The van der Waals surface area contributed by atoms with Crippen molar-refractivity contribution in [3.05, 3.63) is 0 Å². The van der Waals surface area contributed by atoms with Gasteiger partial charge >= 0.3 is 0 Å². The van der Waals surface area contributed by atoms with Gasteiger partial charge in [-0.05, 0) is 66.6 Å². The van der Waals surface area contributed by atoms with Crippen LogP contribution in [0.1, 0.15) is 58.8 Å². The van der Waals surface area contributed by atoms with E-state index >= 15 is 0 Å². The second kappa shape index (κ2) is 2.53. The van der Waals surface area contributed by atoms with Crippen LogP contribution in [0.2, 0.25) is 0 Å². The van der Waals surface area contributed by atoms with Crippen molar-refractivity contribution < 1.29 is 0 Å². The maximum Gasteiger partial charge on any atom is 0.0125 e. The van der Waals surface area contributed by atoms with Gasteiger partial charge in [0.25, 0.3) is 0 Å². The molecule has 4 aliphatic carbocycles. The minimum absolute atomic E-state index is 0.535. The lowest BCUT2D eigenvalue weighted by atomic mass is 9.62. The molecule has 0 aliphatic heterocycles. The molecule has 0 heterocycles. The van der Waals surface area contributed by atoms with E-state index in [4.69, 9.17) is 5.73 Å². The average molecular weight is 219 g/mol. The van der Waals surface area contributed by atoms with Gasteiger partial charge in [0, 0.05) is 6.04 Å². The predicted molar refractivity (Wildman–Crippen MR) is 65.9 cm³/mol. The van der Waals surface area contributed by atoms with E-state index in [1.807, 2.05) is 0 Å². The van der Waals surface area contributed by atoms with E-state index in [1.165, 1.54) is 44.9 Å². The molecule has 0 aromatic heterocycles. The Morgan fingerprint density at radius 2 is 1.69 bits per heavy atom. The molecule has 90 valence electrons. The second-order valence-corrected chi connectivity index (χ2v) is 8.18. The van der Waals surface area contributed by atoms with Crippen molar-refractivity contribution in [1.82, 2.24) is 0 Å². The summed E-state index contributed by atoms with van der Waals surface area (Å²) in [7, 11) is 0. The zero-order valence-electron chi connectivity index (χ0n) is 10.8. The van der Waals surface area contributed by atoms with E-state index in [2.05, 4.69) is 13.8 Å². The molecule has 1 spiro atoms. The molecule has 4 rings (SSSR count). The summed E-state index contributed by atoms with van der Waals surface area (Å²) in [4.78, 5) is 0. The van der Waals surface area contributed by atoms with Crippen molar-refractivity contribution in [2.45, 2.75) is 64.8 Å². The van der Waals surface area contributed by atoms with Gasteiger partial charge in [-0.2, -0.15) is 0 Å². The number of nitrogens with two attached hydrogens (primary N) is 1. The third kappa shape index (κ3) is 0.978. The van der Waals surface area contributed by atoms with E-state index in [9.17, 15) is 0 Å². The zero-order chi connectivity index (χ0) is 11.2. The first-order valence-electron chi connectivity index (χ1n) is 7.22. The van der Waals surface area contributed by atoms with Crippen LogP contribution in [0.15, 0.2) is 0 Å². The molecule has 2 N–H and O–H groups in total. The minimum Gasteiger partial charge on any atom is -0.327 e. The Hall–Kier alpha value is -0.0400. The van der Waals surface area contributed by atoms with Gasteiger partial charge in [0.15, 0.2) is 0 Å². The first-order valence-corrected chi connectivity index (χ1v) is 7.22. The molecule has 0 aromatic rings. The van der Waals surface area contributed by atoms with E-state index in [1.54, 1.807) is 0 Å². The van der Waals surface area contributed by atoms with Crippen LogP contribution in [0.3, 0.4) is 0 Å². The molecule has 16 heavy (non-hydrogen) atoms. The molecule has 1 nitrogen and oxygen atoms in total. The van der Waals surface area contributed by atoms with Crippen molar-refractivity contribution in [2.24, 2.45) is 33.8 Å². The Morgan fingerprint density at radius 1 is 1.00 bits per heavy atom. The van der Waals surface area contributed by atoms with E-state index in [0.717, 1.165) is 11.8 Å².